The summed E-state index contributed by atoms with van der Waals surface area (Å²) in [5.41, 5.74) is 2.09. The van der Waals surface area contributed by atoms with E-state index in [1.54, 1.807) is 0 Å². The molecule has 1 aromatic carbocycles. The van der Waals surface area contributed by atoms with Gasteiger partial charge in [0.05, 0.1) is 24.5 Å². The Morgan fingerprint density at radius 3 is 2.88 bits per heavy atom. The van der Waals surface area contributed by atoms with Crippen molar-refractivity contribution in [3.63, 3.8) is 0 Å². The molecule has 1 atom stereocenters. The second-order valence-electron chi connectivity index (χ2n) is 6.12. The van der Waals surface area contributed by atoms with Crippen molar-refractivity contribution < 1.29 is 9.53 Å². The van der Waals surface area contributed by atoms with Gasteiger partial charge in [0, 0.05) is 17.6 Å². The average Bonchev–Trinajstić information content (AvgIpc) is 2.96. The van der Waals surface area contributed by atoms with Crippen LogP contribution in [0.25, 0.3) is 11.3 Å². The molecule has 0 unspecified atom stereocenters. The highest BCUT2D eigenvalue weighted by atomic mass is 35.5. The Bertz CT molecular complexity index is 712. The second-order valence-corrected chi connectivity index (χ2v) is 6.56. The van der Waals surface area contributed by atoms with Gasteiger partial charge < -0.3 is 19.9 Å². The standard InChI is InChI=1S/C17H21ClN4O2/c1-11(2)21-17(23)20-7-14-9-22-15(8-19-16(22)10-24-14)12-3-5-13(18)6-4-12/h3-6,8,11,14H,7,9-10H2,1-2H3,(H2,20,21,23)/t14-/m0/s1. The minimum atomic E-state index is -0.178. The van der Waals surface area contributed by atoms with Crippen LogP contribution in [0.5, 0.6) is 0 Å². The molecule has 2 aromatic rings. The maximum Gasteiger partial charge on any atom is 0.315 e. The first-order valence-corrected chi connectivity index (χ1v) is 8.37. The van der Waals surface area contributed by atoms with Gasteiger partial charge in [-0.1, -0.05) is 23.7 Å². The summed E-state index contributed by atoms with van der Waals surface area (Å²) >= 11 is 5.96. The molecule has 0 saturated heterocycles. The number of imidazole rings is 1. The van der Waals surface area contributed by atoms with Gasteiger partial charge in [-0.25, -0.2) is 9.78 Å². The number of benzene rings is 1. The van der Waals surface area contributed by atoms with Gasteiger partial charge in [-0.15, -0.1) is 0 Å². The van der Waals surface area contributed by atoms with Crippen molar-refractivity contribution in [1.82, 2.24) is 20.2 Å². The maximum atomic E-state index is 11.7. The smallest absolute Gasteiger partial charge is 0.315 e. The first kappa shape index (κ1) is 16.8. The molecule has 0 bridgehead atoms. The largest absolute Gasteiger partial charge is 0.367 e. The number of ether oxygens (including phenoxy) is 1. The first-order chi connectivity index (χ1) is 11.5. The zero-order valence-electron chi connectivity index (χ0n) is 13.8. The van der Waals surface area contributed by atoms with E-state index in [1.807, 2.05) is 44.3 Å². The number of halogens is 1. The summed E-state index contributed by atoms with van der Waals surface area (Å²) < 4.78 is 7.92. The lowest BCUT2D eigenvalue weighted by molar-refractivity contribution is 0.00489. The number of nitrogens with one attached hydrogen (secondary N) is 2. The van der Waals surface area contributed by atoms with Crippen LogP contribution >= 0.6 is 11.6 Å². The Balaban J connectivity index is 1.68. The van der Waals surface area contributed by atoms with E-state index in [9.17, 15) is 4.79 Å². The number of amides is 2. The minimum Gasteiger partial charge on any atom is -0.367 e. The second kappa shape index (κ2) is 7.23. The van der Waals surface area contributed by atoms with Gasteiger partial charge in [0.1, 0.15) is 12.4 Å². The number of fused-ring (bicyclic) bond motifs is 1. The summed E-state index contributed by atoms with van der Waals surface area (Å²) in [4.78, 5) is 16.1. The van der Waals surface area contributed by atoms with Gasteiger partial charge in [-0.05, 0) is 31.5 Å². The molecule has 7 heteroatoms. The highest BCUT2D eigenvalue weighted by molar-refractivity contribution is 6.30. The van der Waals surface area contributed by atoms with Crippen LogP contribution in [-0.4, -0.2) is 34.3 Å². The van der Waals surface area contributed by atoms with Crippen molar-refractivity contribution in [2.75, 3.05) is 6.54 Å². The van der Waals surface area contributed by atoms with E-state index in [1.165, 1.54) is 0 Å². The Hall–Kier alpha value is -2.05. The fourth-order valence-corrected chi connectivity index (χ4v) is 2.80. The van der Waals surface area contributed by atoms with Crippen molar-refractivity contribution in [2.45, 2.75) is 39.1 Å². The van der Waals surface area contributed by atoms with Gasteiger partial charge >= 0.3 is 6.03 Å². The van der Waals surface area contributed by atoms with E-state index in [0.717, 1.165) is 17.1 Å². The fourth-order valence-electron chi connectivity index (χ4n) is 2.68. The lowest BCUT2D eigenvalue weighted by Gasteiger charge is -2.26. The molecular weight excluding hydrogens is 328 g/mol. The molecule has 2 amide bonds. The molecule has 1 aliphatic rings. The number of aromatic nitrogens is 2. The topological polar surface area (TPSA) is 68.2 Å². The summed E-state index contributed by atoms with van der Waals surface area (Å²) in [6.45, 7) is 5.39. The summed E-state index contributed by atoms with van der Waals surface area (Å²) in [6.07, 6.45) is 1.76. The Morgan fingerprint density at radius 2 is 2.17 bits per heavy atom. The molecule has 2 heterocycles. The van der Waals surface area contributed by atoms with Crippen LogP contribution < -0.4 is 10.6 Å². The number of carbonyl (C=O) groups excluding carboxylic acids is 1. The monoisotopic (exact) mass is 348 g/mol. The number of hydrogen-bond donors (Lipinski definition) is 2. The van der Waals surface area contributed by atoms with Crippen molar-refractivity contribution in [3.05, 3.63) is 41.3 Å². The van der Waals surface area contributed by atoms with Crippen LogP contribution in [0.2, 0.25) is 5.02 Å². The zero-order chi connectivity index (χ0) is 17.1. The number of rotatable bonds is 4. The van der Waals surface area contributed by atoms with Crippen molar-refractivity contribution >= 4 is 17.6 Å². The number of carbonyl (C=O) groups is 1. The third kappa shape index (κ3) is 3.88. The zero-order valence-corrected chi connectivity index (χ0v) is 14.5. The molecule has 2 N–H and O–H groups in total. The molecule has 24 heavy (non-hydrogen) atoms. The summed E-state index contributed by atoms with van der Waals surface area (Å²) in [5.74, 6) is 0.892. The van der Waals surface area contributed by atoms with E-state index in [4.69, 9.17) is 16.3 Å². The van der Waals surface area contributed by atoms with Gasteiger partial charge in [0.15, 0.2) is 0 Å². The van der Waals surface area contributed by atoms with E-state index in [2.05, 4.69) is 20.2 Å². The third-order valence-corrected chi connectivity index (χ3v) is 4.07. The van der Waals surface area contributed by atoms with E-state index in [-0.39, 0.29) is 18.2 Å². The number of urea groups is 1. The Kier molecular flexibility index (Phi) is 5.06. The van der Waals surface area contributed by atoms with Gasteiger partial charge in [0.25, 0.3) is 0 Å². The summed E-state index contributed by atoms with van der Waals surface area (Å²) in [7, 11) is 0. The molecule has 0 saturated carbocycles. The van der Waals surface area contributed by atoms with E-state index in [0.29, 0.717) is 24.7 Å². The average molecular weight is 349 g/mol. The lowest BCUT2D eigenvalue weighted by Crippen LogP contribution is -2.45. The van der Waals surface area contributed by atoms with Crippen LogP contribution in [0.3, 0.4) is 0 Å². The Labute approximate surface area is 146 Å². The summed E-state index contributed by atoms with van der Waals surface area (Å²) in [5, 5.41) is 6.36. The predicted molar refractivity (Wildman–Crippen MR) is 92.9 cm³/mol. The minimum absolute atomic E-state index is 0.0873. The first-order valence-electron chi connectivity index (χ1n) is 7.99. The molecule has 0 fully saturated rings. The van der Waals surface area contributed by atoms with Crippen LogP contribution in [0.4, 0.5) is 4.79 Å². The molecular formula is C17H21ClN4O2. The number of nitrogens with zero attached hydrogens (tertiary/aromatic N) is 2. The normalized spacial score (nSPS) is 16.8. The van der Waals surface area contributed by atoms with Crippen molar-refractivity contribution in [2.24, 2.45) is 0 Å². The Morgan fingerprint density at radius 1 is 1.42 bits per heavy atom. The van der Waals surface area contributed by atoms with Crippen LogP contribution in [0.1, 0.15) is 19.7 Å². The van der Waals surface area contributed by atoms with Crippen LogP contribution in [-0.2, 0) is 17.9 Å². The molecule has 1 aliphatic heterocycles. The molecule has 0 aliphatic carbocycles. The molecule has 1 aromatic heterocycles. The van der Waals surface area contributed by atoms with Crippen molar-refractivity contribution in [3.8, 4) is 11.3 Å². The predicted octanol–water partition coefficient (Wildman–Crippen LogP) is 2.81. The molecule has 3 rings (SSSR count). The molecule has 128 valence electrons. The van der Waals surface area contributed by atoms with Crippen LogP contribution in [0, 0.1) is 0 Å². The maximum absolute atomic E-state index is 11.7. The fraction of sp³-hybridized carbons (Fsp3) is 0.412. The lowest BCUT2D eigenvalue weighted by atomic mass is 10.1. The quantitative estimate of drug-likeness (QED) is 0.892. The number of hydrogen-bond acceptors (Lipinski definition) is 3. The molecule has 0 spiro atoms. The van der Waals surface area contributed by atoms with Crippen LogP contribution in [0.15, 0.2) is 30.5 Å². The van der Waals surface area contributed by atoms with E-state index >= 15 is 0 Å². The van der Waals surface area contributed by atoms with Gasteiger partial charge in [-0.2, -0.15) is 0 Å². The molecule has 0 radical (unpaired) electrons. The van der Waals surface area contributed by atoms with E-state index < -0.39 is 0 Å². The van der Waals surface area contributed by atoms with Gasteiger partial charge in [-0.3, -0.25) is 0 Å². The highest BCUT2D eigenvalue weighted by Gasteiger charge is 2.23. The van der Waals surface area contributed by atoms with Gasteiger partial charge in [0.2, 0.25) is 0 Å². The highest BCUT2D eigenvalue weighted by Crippen LogP contribution is 2.25. The SMILES string of the molecule is CC(C)NC(=O)NC[C@H]1Cn2c(-c3ccc(Cl)cc3)cnc2CO1. The summed E-state index contributed by atoms with van der Waals surface area (Å²) in [6, 6.07) is 7.62. The van der Waals surface area contributed by atoms with Crippen molar-refractivity contribution in [1.29, 1.82) is 0 Å². The third-order valence-electron chi connectivity index (χ3n) is 3.82. The molecule has 6 nitrogen and oxygen atoms in total.